The first-order valence-corrected chi connectivity index (χ1v) is 9.57. The highest BCUT2D eigenvalue weighted by Crippen LogP contribution is 2.26. The van der Waals surface area contributed by atoms with E-state index in [1.807, 2.05) is 4.90 Å². The molecular weight excluding hydrogens is 516 g/mol. The number of rotatable bonds is 4. The van der Waals surface area contributed by atoms with Crippen LogP contribution < -0.4 is 10.1 Å². The fourth-order valence-corrected chi connectivity index (χ4v) is 3.50. The predicted octanol–water partition coefficient (Wildman–Crippen LogP) is 2.60. The SMILES string of the molecule is CN=C(NCc1ccccc1OC(F)(F)F)N1CCN(C(=O)C2CCCO2)CC1.I. The van der Waals surface area contributed by atoms with Crippen LogP contribution in [0.15, 0.2) is 29.3 Å². The minimum atomic E-state index is -4.75. The Kier molecular flexibility index (Phi) is 9.01. The maximum atomic E-state index is 12.6. The number of amides is 1. The van der Waals surface area contributed by atoms with Crippen molar-refractivity contribution in [2.24, 2.45) is 4.99 Å². The van der Waals surface area contributed by atoms with E-state index < -0.39 is 6.36 Å². The Morgan fingerprint density at radius 1 is 1.23 bits per heavy atom. The Balaban J connectivity index is 0.00000320. The molecule has 0 aliphatic carbocycles. The summed E-state index contributed by atoms with van der Waals surface area (Å²) in [5.41, 5.74) is 0.373. The summed E-state index contributed by atoms with van der Waals surface area (Å²) in [7, 11) is 1.62. The molecule has 1 unspecified atom stereocenters. The normalized spacial score (nSPS) is 20.0. The standard InChI is InChI=1S/C19H25F3N4O3.HI/c1-23-18(24-13-14-5-2-3-6-15(14)29-19(20,21)22)26-10-8-25(9-11-26)17(27)16-7-4-12-28-16;/h2-3,5-6,16H,4,7-13H2,1H3,(H,23,24);1H. The molecule has 0 bridgehead atoms. The number of hydrogen-bond donors (Lipinski definition) is 1. The fourth-order valence-electron chi connectivity index (χ4n) is 3.50. The van der Waals surface area contributed by atoms with Crippen molar-refractivity contribution < 1.29 is 27.4 Å². The van der Waals surface area contributed by atoms with E-state index in [0.717, 1.165) is 12.8 Å². The summed E-state index contributed by atoms with van der Waals surface area (Å²) in [4.78, 5) is 20.4. The summed E-state index contributed by atoms with van der Waals surface area (Å²) in [6.45, 7) is 3.03. The van der Waals surface area contributed by atoms with Crippen LogP contribution in [0.4, 0.5) is 13.2 Å². The van der Waals surface area contributed by atoms with Crippen molar-refractivity contribution in [1.29, 1.82) is 0 Å². The lowest BCUT2D eigenvalue weighted by atomic mass is 10.2. The number of carbonyl (C=O) groups excluding carboxylic acids is 1. The molecule has 1 amide bonds. The van der Waals surface area contributed by atoms with E-state index in [4.69, 9.17) is 4.74 Å². The molecule has 168 valence electrons. The third-order valence-corrected chi connectivity index (χ3v) is 4.94. The first-order chi connectivity index (χ1) is 13.9. The van der Waals surface area contributed by atoms with Gasteiger partial charge in [0.25, 0.3) is 5.91 Å². The van der Waals surface area contributed by atoms with E-state index in [9.17, 15) is 18.0 Å². The third-order valence-electron chi connectivity index (χ3n) is 4.94. The number of nitrogens with zero attached hydrogens (tertiary/aromatic N) is 3. The predicted molar refractivity (Wildman–Crippen MR) is 116 cm³/mol. The zero-order valence-corrected chi connectivity index (χ0v) is 19.0. The fraction of sp³-hybridized carbons (Fsp3) is 0.579. The van der Waals surface area contributed by atoms with E-state index in [1.54, 1.807) is 24.1 Å². The summed E-state index contributed by atoms with van der Waals surface area (Å²) in [6, 6.07) is 5.99. The molecule has 1 N–H and O–H groups in total. The highest BCUT2D eigenvalue weighted by molar-refractivity contribution is 14.0. The molecule has 11 heteroatoms. The van der Waals surface area contributed by atoms with Crippen molar-refractivity contribution in [3.8, 4) is 5.75 Å². The summed E-state index contributed by atoms with van der Waals surface area (Å²) in [6.07, 6.45) is -3.40. The molecule has 1 atom stereocenters. The highest BCUT2D eigenvalue weighted by atomic mass is 127. The Morgan fingerprint density at radius 3 is 2.50 bits per heavy atom. The number of aliphatic imine (C=N–C) groups is 1. The van der Waals surface area contributed by atoms with Crippen molar-refractivity contribution in [3.63, 3.8) is 0 Å². The van der Waals surface area contributed by atoms with Crippen LogP contribution in [0.1, 0.15) is 18.4 Å². The lowest BCUT2D eigenvalue weighted by molar-refractivity contribution is -0.274. The topological polar surface area (TPSA) is 66.4 Å². The number of guanidine groups is 1. The summed E-state index contributed by atoms with van der Waals surface area (Å²) in [5.74, 6) is 0.356. The molecule has 0 saturated carbocycles. The maximum Gasteiger partial charge on any atom is 0.573 e. The van der Waals surface area contributed by atoms with Crippen LogP contribution in [0.25, 0.3) is 0 Å². The molecular formula is C19H26F3IN4O3. The van der Waals surface area contributed by atoms with Crippen LogP contribution in [0.2, 0.25) is 0 Å². The van der Waals surface area contributed by atoms with Crippen LogP contribution in [0.3, 0.4) is 0 Å². The number of alkyl halides is 3. The molecule has 2 heterocycles. The average molecular weight is 542 g/mol. The number of halogens is 4. The number of carbonyl (C=O) groups is 1. The van der Waals surface area contributed by atoms with E-state index in [0.29, 0.717) is 44.3 Å². The molecule has 3 rings (SSSR count). The van der Waals surface area contributed by atoms with Gasteiger partial charge in [-0.15, -0.1) is 37.1 Å². The highest BCUT2D eigenvalue weighted by Gasteiger charge is 2.32. The number of para-hydroxylation sites is 1. The largest absolute Gasteiger partial charge is 0.573 e. The van der Waals surface area contributed by atoms with Gasteiger partial charge in [-0.1, -0.05) is 18.2 Å². The molecule has 7 nitrogen and oxygen atoms in total. The second-order valence-electron chi connectivity index (χ2n) is 6.87. The maximum absolute atomic E-state index is 12.6. The Morgan fingerprint density at radius 2 is 1.90 bits per heavy atom. The molecule has 2 saturated heterocycles. The van der Waals surface area contributed by atoms with Gasteiger partial charge in [0, 0.05) is 51.9 Å². The zero-order valence-electron chi connectivity index (χ0n) is 16.7. The van der Waals surface area contributed by atoms with Crippen LogP contribution in [0.5, 0.6) is 5.75 Å². The number of benzene rings is 1. The van der Waals surface area contributed by atoms with Gasteiger partial charge in [-0.05, 0) is 18.9 Å². The molecule has 30 heavy (non-hydrogen) atoms. The van der Waals surface area contributed by atoms with Crippen molar-refractivity contribution in [2.75, 3.05) is 39.8 Å². The summed E-state index contributed by atoms with van der Waals surface area (Å²) in [5, 5.41) is 3.08. The van der Waals surface area contributed by atoms with Crippen LogP contribution in [-0.2, 0) is 16.1 Å². The summed E-state index contributed by atoms with van der Waals surface area (Å²) < 4.78 is 47.3. The van der Waals surface area contributed by atoms with Crippen LogP contribution in [0, 0.1) is 0 Å². The Labute approximate surface area is 190 Å². The molecule has 1 aromatic rings. The third kappa shape index (κ3) is 6.62. The van der Waals surface area contributed by atoms with Gasteiger partial charge in [0.2, 0.25) is 0 Å². The van der Waals surface area contributed by atoms with Gasteiger partial charge in [-0.2, -0.15) is 0 Å². The van der Waals surface area contributed by atoms with Crippen LogP contribution >= 0.6 is 24.0 Å². The first kappa shape index (κ1) is 24.5. The quantitative estimate of drug-likeness (QED) is 0.360. The van der Waals surface area contributed by atoms with Gasteiger partial charge in [-0.25, -0.2) is 0 Å². The first-order valence-electron chi connectivity index (χ1n) is 9.57. The van der Waals surface area contributed by atoms with E-state index in [-0.39, 0.29) is 48.3 Å². The van der Waals surface area contributed by atoms with Gasteiger partial charge in [0.05, 0.1) is 0 Å². The second-order valence-corrected chi connectivity index (χ2v) is 6.87. The van der Waals surface area contributed by atoms with Crippen molar-refractivity contribution in [3.05, 3.63) is 29.8 Å². The second kappa shape index (κ2) is 11.0. The summed E-state index contributed by atoms with van der Waals surface area (Å²) >= 11 is 0. The molecule has 0 aromatic heterocycles. The smallest absolute Gasteiger partial charge is 0.405 e. The molecule has 0 radical (unpaired) electrons. The van der Waals surface area contributed by atoms with Gasteiger partial charge < -0.3 is 24.6 Å². The van der Waals surface area contributed by atoms with Crippen molar-refractivity contribution in [1.82, 2.24) is 15.1 Å². The number of ether oxygens (including phenoxy) is 2. The number of piperazine rings is 1. The zero-order chi connectivity index (χ0) is 20.9. The Bertz CT molecular complexity index is 734. The van der Waals surface area contributed by atoms with E-state index >= 15 is 0 Å². The minimum absolute atomic E-state index is 0. The Hall–Kier alpha value is -1.76. The van der Waals surface area contributed by atoms with E-state index in [2.05, 4.69) is 15.0 Å². The average Bonchev–Trinajstić information content (AvgIpc) is 3.23. The molecule has 0 spiro atoms. The number of nitrogens with one attached hydrogen (secondary N) is 1. The molecule has 2 aliphatic heterocycles. The molecule has 1 aromatic carbocycles. The van der Waals surface area contributed by atoms with Crippen molar-refractivity contribution in [2.45, 2.75) is 31.9 Å². The van der Waals surface area contributed by atoms with Crippen molar-refractivity contribution >= 4 is 35.8 Å². The van der Waals surface area contributed by atoms with Gasteiger partial charge >= 0.3 is 6.36 Å². The van der Waals surface area contributed by atoms with Gasteiger partial charge in [0.15, 0.2) is 5.96 Å². The molecule has 2 aliphatic rings. The minimum Gasteiger partial charge on any atom is -0.405 e. The van der Waals surface area contributed by atoms with Gasteiger partial charge in [-0.3, -0.25) is 9.79 Å². The monoisotopic (exact) mass is 542 g/mol. The molecule has 2 fully saturated rings. The van der Waals surface area contributed by atoms with E-state index in [1.165, 1.54) is 12.1 Å². The lowest BCUT2D eigenvalue weighted by Gasteiger charge is -2.37. The lowest BCUT2D eigenvalue weighted by Crippen LogP contribution is -2.55. The van der Waals surface area contributed by atoms with Crippen LogP contribution in [-0.4, -0.2) is 74.0 Å². The number of hydrogen-bond acceptors (Lipinski definition) is 4. The van der Waals surface area contributed by atoms with Gasteiger partial charge in [0.1, 0.15) is 11.9 Å².